The zero-order valence-corrected chi connectivity index (χ0v) is 13.1. The third-order valence-corrected chi connectivity index (χ3v) is 3.33. The number of likely N-dealkylation sites (N-methyl/N-ethyl adjacent to an activating group) is 1. The number of carbonyl (C=O) groups is 2. The molecule has 5 heteroatoms. The van der Waals surface area contributed by atoms with Gasteiger partial charge in [0.2, 0.25) is 0 Å². The van der Waals surface area contributed by atoms with E-state index < -0.39 is 12.1 Å². The van der Waals surface area contributed by atoms with Gasteiger partial charge in [-0.15, -0.1) is 0 Å². The van der Waals surface area contributed by atoms with Crippen LogP contribution in [0.3, 0.4) is 0 Å². The summed E-state index contributed by atoms with van der Waals surface area (Å²) in [6.07, 6.45) is -0.834. The van der Waals surface area contributed by atoms with Gasteiger partial charge in [-0.1, -0.05) is 24.3 Å². The SMILES string of the molecule is CCNC(=O)[C@H](C)OC(=O)c1ccc(-c2ccc(O)cc2)cc1. The maximum absolute atomic E-state index is 12.0. The van der Waals surface area contributed by atoms with Crippen molar-refractivity contribution >= 4 is 11.9 Å². The fraction of sp³-hybridized carbons (Fsp3) is 0.222. The first-order valence-electron chi connectivity index (χ1n) is 7.39. The Hall–Kier alpha value is -2.82. The molecule has 0 aliphatic rings. The normalized spacial score (nSPS) is 11.6. The highest BCUT2D eigenvalue weighted by atomic mass is 16.5. The maximum atomic E-state index is 12.0. The lowest BCUT2D eigenvalue weighted by Gasteiger charge is -2.12. The van der Waals surface area contributed by atoms with Crippen molar-refractivity contribution in [2.75, 3.05) is 6.54 Å². The number of esters is 1. The number of benzene rings is 2. The minimum Gasteiger partial charge on any atom is -0.508 e. The van der Waals surface area contributed by atoms with Crippen LogP contribution in [0.2, 0.25) is 0 Å². The number of hydrogen-bond donors (Lipinski definition) is 2. The van der Waals surface area contributed by atoms with Crippen molar-refractivity contribution in [3.8, 4) is 16.9 Å². The predicted octanol–water partition coefficient (Wildman–Crippen LogP) is 2.74. The molecule has 0 fully saturated rings. The van der Waals surface area contributed by atoms with Gasteiger partial charge in [-0.25, -0.2) is 4.79 Å². The predicted molar refractivity (Wildman–Crippen MR) is 87.1 cm³/mol. The summed E-state index contributed by atoms with van der Waals surface area (Å²) in [7, 11) is 0. The molecule has 5 nitrogen and oxygen atoms in total. The Labute approximate surface area is 134 Å². The zero-order chi connectivity index (χ0) is 16.8. The molecular formula is C18H19NO4. The molecule has 0 spiro atoms. The molecule has 23 heavy (non-hydrogen) atoms. The maximum Gasteiger partial charge on any atom is 0.338 e. The standard InChI is InChI=1S/C18H19NO4/c1-3-19-17(21)12(2)23-18(22)15-6-4-13(5-7-15)14-8-10-16(20)11-9-14/h4-12,20H,3H2,1-2H3,(H,19,21)/t12-/m0/s1. The number of carbonyl (C=O) groups excluding carboxylic acids is 2. The van der Waals surface area contributed by atoms with Crippen LogP contribution in [0.25, 0.3) is 11.1 Å². The molecule has 0 bridgehead atoms. The molecule has 1 amide bonds. The summed E-state index contributed by atoms with van der Waals surface area (Å²) in [6, 6.07) is 13.7. The molecule has 120 valence electrons. The summed E-state index contributed by atoms with van der Waals surface area (Å²) in [4.78, 5) is 23.6. The molecule has 0 unspecified atom stereocenters. The van der Waals surface area contributed by atoms with E-state index in [0.29, 0.717) is 12.1 Å². The molecule has 0 aromatic heterocycles. The monoisotopic (exact) mass is 313 g/mol. The lowest BCUT2D eigenvalue weighted by Crippen LogP contribution is -2.35. The highest BCUT2D eigenvalue weighted by molar-refractivity contribution is 5.92. The van der Waals surface area contributed by atoms with Crippen molar-refractivity contribution in [3.05, 3.63) is 54.1 Å². The molecule has 0 aliphatic heterocycles. The van der Waals surface area contributed by atoms with Crippen molar-refractivity contribution in [3.63, 3.8) is 0 Å². The van der Waals surface area contributed by atoms with Gasteiger partial charge < -0.3 is 15.2 Å². The van der Waals surface area contributed by atoms with Gasteiger partial charge in [0.15, 0.2) is 6.10 Å². The second kappa shape index (κ2) is 7.45. The third kappa shape index (κ3) is 4.32. The molecule has 0 saturated heterocycles. The van der Waals surface area contributed by atoms with E-state index in [1.807, 2.05) is 0 Å². The average molecular weight is 313 g/mol. The summed E-state index contributed by atoms with van der Waals surface area (Å²) in [5, 5.41) is 11.9. The topological polar surface area (TPSA) is 75.6 Å². The van der Waals surface area contributed by atoms with Gasteiger partial charge in [0.25, 0.3) is 5.91 Å². The van der Waals surface area contributed by atoms with Crippen molar-refractivity contribution < 1.29 is 19.4 Å². The number of amides is 1. The Kier molecular flexibility index (Phi) is 5.36. The first kappa shape index (κ1) is 16.5. The van der Waals surface area contributed by atoms with Crippen LogP contribution in [0, 0.1) is 0 Å². The van der Waals surface area contributed by atoms with Gasteiger partial charge in [0.1, 0.15) is 5.75 Å². The summed E-state index contributed by atoms with van der Waals surface area (Å²) in [6.45, 7) is 3.82. The Bertz CT molecular complexity index is 677. The molecule has 2 N–H and O–H groups in total. The number of phenolic OH excluding ortho intramolecular Hbond substituents is 1. The van der Waals surface area contributed by atoms with Crippen LogP contribution in [0.15, 0.2) is 48.5 Å². The zero-order valence-electron chi connectivity index (χ0n) is 13.1. The number of phenols is 1. The van der Waals surface area contributed by atoms with Crippen LogP contribution in [-0.4, -0.2) is 29.6 Å². The molecule has 0 radical (unpaired) electrons. The lowest BCUT2D eigenvalue weighted by molar-refractivity contribution is -0.128. The van der Waals surface area contributed by atoms with Crippen molar-refractivity contribution in [1.82, 2.24) is 5.32 Å². The van der Waals surface area contributed by atoms with E-state index in [9.17, 15) is 14.7 Å². The van der Waals surface area contributed by atoms with Gasteiger partial charge >= 0.3 is 5.97 Å². The third-order valence-electron chi connectivity index (χ3n) is 3.33. The fourth-order valence-corrected chi connectivity index (χ4v) is 2.05. The minimum absolute atomic E-state index is 0.202. The molecule has 0 saturated carbocycles. The van der Waals surface area contributed by atoms with E-state index in [1.54, 1.807) is 55.5 Å². The van der Waals surface area contributed by atoms with Crippen molar-refractivity contribution in [2.24, 2.45) is 0 Å². The first-order valence-corrected chi connectivity index (χ1v) is 7.39. The molecule has 0 heterocycles. The van der Waals surface area contributed by atoms with E-state index in [2.05, 4.69) is 5.32 Å². The fourth-order valence-electron chi connectivity index (χ4n) is 2.05. The van der Waals surface area contributed by atoms with Gasteiger partial charge in [0.05, 0.1) is 5.56 Å². The van der Waals surface area contributed by atoms with Crippen LogP contribution in [-0.2, 0) is 9.53 Å². The average Bonchev–Trinajstić information content (AvgIpc) is 2.56. The molecule has 2 aromatic carbocycles. The molecule has 2 aromatic rings. The van der Waals surface area contributed by atoms with E-state index in [0.717, 1.165) is 11.1 Å². The second-order valence-electron chi connectivity index (χ2n) is 5.07. The summed E-state index contributed by atoms with van der Waals surface area (Å²) >= 11 is 0. The van der Waals surface area contributed by atoms with Crippen LogP contribution in [0.4, 0.5) is 0 Å². The first-order chi connectivity index (χ1) is 11.0. The minimum atomic E-state index is -0.834. The smallest absolute Gasteiger partial charge is 0.338 e. The Morgan fingerprint density at radius 3 is 2.09 bits per heavy atom. The molecular weight excluding hydrogens is 294 g/mol. The number of hydrogen-bond acceptors (Lipinski definition) is 4. The molecule has 2 rings (SSSR count). The van der Waals surface area contributed by atoms with E-state index in [1.165, 1.54) is 6.92 Å². The Morgan fingerprint density at radius 1 is 1.04 bits per heavy atom. The van der Waals surface area contributed by atoms with E-state index in [-0.39, 0.29) is 11.7 Å². The van der Waals surface area contributed by atoms with Crippen molar-refractivity contribution in [2.45, 2.75) is 20.0 Å². The van der Waals surface area contributed by atoms with Crippen LogP contribution < -0.4 is 5.32 Å². The summed E-state index contributed by atoms with van der Waals surface area (Å²) < 4.78 is 5.13. The summed E-state index contributed by atoms with van der Waals surface area (Å²) in [5.74, 6) is -0.657. The quantitative estimate of drug-likeness (QED) is 0.832. The number of ether oxygens (including phenoxy) is 1. The Balaban J connectivity index is 2.05. The highest BCUT2D eigenvalue weighted by Gasteiger charge is 2.18. The van der Waals surface area contributed by atoms with Crippen LogP contribution in [0.1, 0.15) is 24.2 Å². The largest absolute Gasteiger partial charge is 0.508 e. The van der Waals surface area contributed by atoms with Gasteiger partial charge in [-0.3, -0.25) is 4.79 Å². The molecule has 1 atom stereocenters. The van der Waals surface area contributed by atoms with Crippen molar-refractivity contribution in [1.29, 1.82) is 0 Å². The van der Waals surface area contributed by atoms with Gasteiger partial charge in [0, 0.05) is 6.54 Å². The lowest BCUT2D eigenvalue weighted by atomic mass is 10.0. The van der Waals surface area contributed by atoms with Crippen LogP contribution >= 0.6 is 0 Å². The number of aromatic hydroxyl groups is 1. The number of nitrogens with one attached hydrogen (secondary N) is 1. The van der Waals surface area contributed by atoms with Gasteiger partial charge in [-0.05, 0) is 49.2 Å². The van der Waals surface area contributed by atoms with Gasteiger partial charge in [-0.2, -0.15) is 0 Å². The van der Waals surface area contributed by atoms with E-state index in [4.69, 9.17) is 4.74 Å². The number of rotatable bonds is 5. The second-order valence-corrected chi connectivity index (χ2v) is 5.07. The van der Waals surface area contributed by atoms with E-state index >= 15 is 0 Å². The van der Waals surface area contributed by atoms with Crippen LogP contribution in [0.5, 0.6) is 5.75 Å². The Morgan fingerprint density at radius 2 is 1.57 bits per heavy atom. The summed E-state index contributed by atoms with van der Waals surface area (Å²) in [5.41, 5.74) is 2.22. The highest BCUT2D eigenvalue weighted by Crippen LogP contribution is 2.22. The molecule has 0 aliphatic carbocycles.